The van der Waals surface area contributed by atoms with Gasteiger partial charge in [0.25, 0.3) is 0 Å². The van der Waals surface area contributed by atoms with Crippen LogP contribution >= 0.6 is 0 Å². The summed E-state index contributed by atoms with van der Waals surface area (Å²) in [6, 6.07) is 4.24. The summed E-state index contributed by atoms with van der Waals surface area (Å²) in [5.74, 6) is 1.72. The Kier molecular flexibility index (Phi) is 5.64. The Labute approximate surface area is 116 Å². The van der Waals surface area contributed by atoms with Crippen molar-refractivity contribution in [1.82, 2.24) is 10.3 Å². The molecule has 1 aromatic rings. The first kappa shape index (κ1) is 14.3. The van der Waals surface area contributed by atoms with Crippen LogP contribution in [0.25, 0.3) is 0 Å². The van der Waals surface area contributed by atoms with Crippen molar-refractivity contribution < 1.29 is 4.74 Å². The maximum atomic E-state index is 5.44. The van der Waals surface area contributed by atoms with Gasteiger partial charge in [-0.25, -0.2) is 0 Å². The molecule has 1 aliphatic rings. The average molecular weight is 262 g/mol. The van der Waals surface area contributed by atoms with Crippen molar-refractivity contribution in [1.29, 1.82) is 0 Å². The van der Waals surface area contributed by atoms with E-state index >= 15 is 0 Å². The first-order chi connectivity index (χ1) is 9.35. The minimum absolute atomic E-state index is 0.305. The molecular weight excluding hydrogens is 236 g/mol. The number of nitrogens with zero attached hydrogens (tertiary/aromatic N) is 1. The molecule has 0 aromatic carbocycles. The van der Waals surface area contributed by atoms with Crippen LogP contribution in [0.2, 0.25) is 0 Å². The first-order valence-electron chi connectivity index (χ1n) is 7.51. The zero-order valence-electron chi connectivity index (χ0n) is 12.2. The van der Waals surface area contributed by atoms with E-state index in [1.165, 1.54) is 44.9 Å². The van der Waals surface area contributed by atoms with E-state index in [0.717, 1.165) is 17.4 Å². The van der Waals surface area contributed by atoms with Gasteiger partial charge in [-0.15, -0.1) is 0 Å². The molecule has 1 saturated carbocycles. The number of rotatable bonds is 5. The number of hydrogen-bond donors (Lipinski definition) is 1. The summed E-state index contributed by atoms with van der Waals surface area (Å²) in [5, 5.41) is 3.42. The second kappa shape index (κ2) is 7.49. The molecule has 3 heteroatoms. The molecule has 0 spiro atoms. The van der Waals surface area contributed by atoms with Crippen LogP contribution in [0.5, 0.6) is 5.75 Å². The van der Waals surface area contributed by atoms with Gasteiger partial charge in [-0.2, -0.15) is 0 Å². The van der Waals surface area contributed by atoms with Gasteiger partial charge >= 0.3 is 0 Å². The zero-order valence-corrected chi connectivity index (χ0v) is 12.2. The highest BCUT2D eigenvalue weighted by Crippen LogP contribution is 2.33. The van der Waals surface area contributed by atoms with Gasteiger partial charge in [0.05, 0.1) is 18.8 Å². The molecule has 1 N–H and O–H groups in total. The van der Waals surface area contributed by atoms with Crippen molar-refractivity contribution in [2.24, 2.45) is 5.92 Å². The molecule has 0 saturated heterocycles. The van der Waals surface area contributed by atoms with Gasteiger partial charge < -0.3 is 10.1 Å². The maximum absolute atomic E-state index is 5.44. The third-order valence-electron chi connectivity index (χ3n) is 4.24. The molecule has 1 unspecified atom stereocenters. The fourth-order valence-electron chi connectivity index (χ4n) is 3.14. The molecule has 3 nitrogen and oxygen atoms in total. The molecule has 0 bridgehead atoms. The predicted molar refractivity (Wildman–Crippen MR) is 78.4 cm³/mol. The molecule has 0 amide bonds. The molecule has 1 fully saturated rings. The highest BCUT2D eigenvalue weighted by atomic mass is 16.5. The molecule has 1 heterocycles. The highest BCUT2D eigenvalue weighted by Gasteiger charge is 2.21. The lowest BCUT2D eigenvalue weighted by atomic mass is 9.91. The fraction of sp³-hybridized carbons (Fsp3) is 0.688. The second-order valence-corrected chi connectivity index (χ2v) is 5.53. The van der Waals surface area contributed by atoms with E-state index in [9.17, 15) is 0 Å². The number of hydrogen-bond acceptors (Lipinski definition) is 3. The number of methoxy groups -OCH3 is 1. The van der Waals surface area contributed by atoms with Gasteiger partial charge in [0.2, 0.25) is 0 Å². The van der Waals surface area contributed by atoms with Crippen LogP contribution in [0.1, 0.15) is 56.7 Å². The Bertz CT molecular complexity index is 373. The smallest absolute Gasteiger partial charge is 0.141 e. The SMILES string of the molecule is CNC(CC1CCCCCC1)c1ncccc1OC. The number of nitrogens with one attached hydrogen (secondary N) is 1. The van der Waals surface area contributed by atoms with Crippen LogP contribution in [0.15, 0.2) is 18.3 Å². The van der Waals surface area contributed by atoms with Gasteiger partial charge in [0.1, 0.15) is 5.75 Å². The van der Waals surface area contributed by atoms with Crippen LogP contribution in [0.4, 0.5) is 0 Å². The topological polar surface area (TPSA) is 34.2 Å². The van der Waals surface area contributed by atoms with Crippen molar-refractivity contribution in [3.8, 4) is 5.75 Å². The normalized spacial score (nSPS) is 18.8. The van der Waals surface area contributed by atoms with E-state index in [1.807, 2.05) is 25.4 Å². The quantitative estimate of drug-likeness (QED) is 0.821. The molecule has 19 heavy (non-hydrogen) atoms. The molecule has 106 valence electrons. The van der Waals surface area contributed by atoms with Crippen molar-refractivity contribution in [2.45, 2.75) is 51.0 Å². The van der Waals surface area contributed by atoms with Crippen molar-refractivity contribution >= 4 is 0 Å². The maximum Gasteiger partial charge on any atom is 0.141 e. The number of ether oxygens (including phenoxy) is 1. The first-order valence-corrected chi connectivity index (χ1v) is 7.51. The van der Waals surface area contributed by atoms with Crippen LogP contribution < -0.4 is 10.1 Å². The van der Waals surface area contributed by atoms with E-state index in [-0.39, 0.29) is 0 Å². The molecule has 2 rings (SSSR count). The van der Waals surface area contributed by atoms with E-state index in [2.05, 4.69) is 10.3 Å². The van der Waals surface area contributed by atoms with Crippen LogP contribution in [-0.2, 0) is 0 Å². The Morgan fingerprint density at radius 3 is 2.68 bits per heavy atom. The van der Waals surface area contributed by atoms with Crippen LogP contribution in [-0.4, -0.2) is 19.1 Å². The fourth-order valence-corrected chi connectivity index (χ4v) is 3.14. The Hall–Kier alpha value is -1.09. The number of pyridine rings is 1. The van der Waals surface area contributed by atoms with Crippen LogP contribution in [0.3, 0.4) is 0 Å². The Morgan fingerprint density at radius 1 is 1.32 bits per heavy atom. The highest BCUT2D eigenvalue weighted by molar-refractivity contribution is 5.29. The lowest BCUT2D eigenvalue weighted by Crippen LogP contribution is -2.21. The van der Waals surface area contributed by atoms with E-state index in [1.54, 1.807) is 7.11 Å². The summed E-state index contributed by atoms with van der Waals surface area (Å²) < 4.78 is 5.44. The van der Waals surface area contributed by atoms with Crippen molar-refractivity contribution in [3.63, 3.8) is 0 Å². The van der Waals surface area contributed by atoms with Gasteiger partial charge in [-0.05, 0) is 31.5 Å². The van der Waals surface area contributed by atoms with Gasteiger partial charge in [-0.1, -0.05) is 38.5 Å². The Balaban J connectivity index is 2.06. The second-order valence-electron chi connectivity index (χ2n) is 5.53. The molecule has 0 radical (unpaired) electrons. The summed E-state index contributed by atoms with van der Waals surface area (Å²) >= 11 is 0. The summed E-state index contributed by atoms with van der Waals surface area (Å²) in [5.41, 5.74) is 1.05. The lowest BCUT2D eigenvalue weighted by Gasteiger charge is -2.23. The summed E-state index contributed by atoms with van der Waals surface area (Å²) in [6.07, 6.45) is 11.4. The van der Waals surface area contributed by atoms with Crippen molar-refractivity contribution in [3.05, 3.63) is 24.0 Å². The Morgan fingerprint density at radius 2 is 2.05 bits per heavy atom. The summed E-state index contributed by atoms with van der Waals surface area (Å²) in [6.45, 7) is 0. The average Bonchev–Trinajstić information content (AvgIpc) is 2.73. The summed E-state index contributed by atoms with van der Waals surface area (Å²) in [4.78, 5) is 4.52. The van der Waals surface area contributed by atoms with E-state index < -0.39 is 0 Å². The minimum Gasteiger partial charge on any atom is -0.495 e. The molecular formula is C16H26N2O. The minimum atomic E-state index is 0.305. The molecule has 1 aliphatic carbocycles. The van der Waals surface area contributed by atoms with Gasteiger partial charge in [0, 0.05) is 6.20 Å². The zero-order chi connectivity index (χ0) is 13.5. The molecule has 0 aliphatic heterocycles. The standard InChI is InChI=1S/C16H26N2O/c1-17-14(12-13-8-5-3-4-6-9-13)16-15(19-2)10-7-11-18-16/h7,10-11,13-14,17H,3-6,8-9,12H2,1-2H3. The van der Waals surface area contributed by atoms with E-state index in [0.29, 0.717) is 6.04 Å². The molecule has 1 atom stereocenters. The third kappa shape index (κ3) is 3.93. The number of aromatic nitrogens is 1. The predicted octanol–water partition coefficient (Wildman–Crippen LogP) is 3.71. The van der Waals surface area contributed by atoms with Gasteiger partial charge in [0.15, 0.2) is 0 Å². The monoisotopic (exact) mass is 262 g/mol. The molecule has 1 aromatic heterocycles. The van der Waals surface area contributed by atoms with Crippen molar-refractivity contribution in [2.75, 3.05) is 14.2 Å². The van der Waals surface area contributed by atoms with Crippen LogP contribution in [0, 0.1) is 5.92 Å². The largest absolute Gasteiger partial charge is 0.495 e. The van der Waals surface area contributed by atoms with E-state index in [4.69, 9.17) is 4.74 Å². The third-order valence-corrected chi connectivity index (χ3v) is 4.24. The van der Waals surface area contributed by atoms with Gasteiger partial charge in [-0.3, -0.25) is 4.98 Å². The lowest BCUT2D eigenvalue weighted by molar-refractivity contribution is 0.347. The summed E-state index contributed by atoms with van der Waals surface area (Å²) in [7, 11) is 3.74.